The number of hydrogen-bond donors (Lipinski definition) is 1. The molecule has 4 rings (SSSR count). The lowest BCUT2D eigenvalue weighted by atomic mass is 9.98. The normalized spacial score (nSPS) is 16.0. The molecule has 30 heavy (non-hydrogen) atoms. The summed E-state index contributed by atoms with van der Waals surface area (Å²) in [6, 6.07) is 11.1. The fraction of sp³-hybridized carbons (Fsp3) is 0.333. The van der Waals surface area contributed by atoms with Crippen molar-refractivity contribution in [2.24, 2.45) is 5.92 Å². The molecule has 2 aromatic heterocycles. The summed E-state index contributed by atoms with van der Waals surface area (Å²) in [4.78, 5) is 27.2. The van der Waals surface area contributed by atoms with Gasteiger partial charge in [-0.3, -0.25) is 9.59 Å². The second-order valence-corrected chi connectivity index (χ2v) is 7.22. The van der Waals surface area contributed by atoms with E-state index in [4.69, 9.17) is 15.0 Å². The van der Waals surface area contributed by atoms with Crippen LogP contribution < -0.4 is 10.5 Å². The SMILES string of the molecule is COc1cc(CCC(=O)N2CC[C@H](C(=O)c3cnn(-c4ccccc4)c3N)C2)on1. The molecule has 2 N–H and O–H groups in total. The van der Waals surface area contributed by atoms with Gasteiger partial charge in [-0.1, -0.05) is 18.2 Å². The molecule has 0 saturated carbocycles. The molecule has 1 amide bonds. The highest BCUT2D eigenvalue weighted by molar-refractivity contribution is 6.02. The van der Waals surface area contributed by atoms with Crippen molar-refractivity contribution < 1.29 is 18.8 Å². The lowest BCUT2D eigenvalue weighted by Gasteiger charge is -2.15. The van der Waals surface area contributed by atoms with Gasteiger partial charge in [-0.2, -0.15) is 5.10 Å². The van der Waals surface area contributed by atoms with Gasteiger partial charge in [-0.15, -0.1) is 0 Å². The Labute approximate surface area is 173 Å². The quantitative estimate of drug-likeness (QED) is 0.594. The monoisotopic (exact) mass is 409 g/mol. The van der Waals surface area contributed by atoms with Crippen LogP contribution in [0.3, 0.4) is 0 Å². The third-order valence-electron chi connectivity index (χ3n) is 5.32. The van der Waals surface area contributed by atoms with Gasteiger partial charge in [-0.05, 0) is 23.7 Å². The molecule has 3 aromatic rings. The number of Topliss-reactive ketones (excluding diaryl/α,β-unsaturated/α-hetero) is 1. The van der Waals surface area contributed by atoms with Crippen molar-refractivity contribution in [1.82, 2.24) is 19.8 Å². The number of carbonyl (C=O) groups excluding carboxylic acids is 2. The first kappa shape index (κ1) is 19.7. The molecule has 1 aromatic carbocycles. The highest BCUT2D eigenvalue weighted by Crippen LogP contribution is 2.26. The van der Waals surface area contributed by atoms with E-state index in [9.17, 15) is 9.59 Å². The van der Waals surface area contributed by atoms with Crippen LogP contribution in [0.15, 0.2) is 47.1 Å². The van der Waals surface area contributed by atoms with Crippen LogP contribution in [0.5, 0.6) is 5.88 Å². The van der Waals surface area contributed by atoms with Gasteiger partial charge in [0.1, 0.15) is 11.6 Å². The summed E-state index contributed by atoms with van der Waals surface area (Å²) in [5, 5.41) is 7.99. The van der Waals surface area contributed by atoms with E-state index in [1.165, 1.54) is 13.3 Å². The summed E-state index contributed by atoms with van der Waals surface area (Å²) >= 11 is 0. The van der Waals surface area contributed by atoms with E-state index in [1.54, 1.807) is 15.6 Å². The van der Waals surface area contributed by atoms with Gasteiger partial charge < -0.3 is 19.9 Å². The summed E-state index contributed by atoms with van der Waals surface area (Å²) in [5.41, 5.74) is 7.38. The number of nitrogens with two attached hydrogens (primary N) is 1. The van der Waals surface area contributed by atoms with Crippen LogP contribution >= 0.6 is 0 Å². The Hall–Kier alpha value is -3.62. The summed E-state index contributed by atoms with van der Waals surface area (Å²) < 4.78 is 11.6. The third kappa shape index (κ3) is 3.91. The van der Waals surface area contributed by atoms with Crippen molar-refractivity contribution in [3.05, 3.63) is 53.9 Å². The maximum Gasteiger partial charge on any atom is 0.254 e. The number of nitrogen functional groups attached to an aromatic ring is 1. The number of benzene rings is 1. The van der Waals surface area contributed by atoms with E-state index in [2.05, 4.69) is 10.3 Å². The molecule has 0 spiro atoms. The highest BCUT2D eigenvalue weighted by Gasteiger charge is 2.33. The predicted molar refractivity (Wildman–Crippen MR) is 108 cm³/mol. The molecule has 0 bridgehead atoms. The fourth-order valence-electron chi connectivity index (χ4n) is 3.64. The number of aryl methyl sites for hydroxylation is 1. The second kappa shape index (κ2) is 8.40. The number of amides is 1. The van der Waals surface area contributed by atoms with Crippen molar-refractivity contribution in [3.63, 3.8) is 0 Å². The van der Waals surface area contributed by atoms with Gasteiger partial charge in [0.05, 0.1) is 24.6 Å². The summed E-state index contributed by atoms with van der Waals surface area (Å²) in [6.07, 6.45) is 2.83. The van der Waals surface area contributed by atoms with Crippen molar-refractivity contribution in [2.75, 3.05) is 25.9 Å². The minimum atomic E-state index is -0.282. The number of rotatable bonds is 7. The first-order valence-corrected chi connectivity index (χ1v) is 9.77. The van der Waals surface area contributed by atoms with E-state index in [-0.39, 0.29) is 24.0 Å². The zero-order chi connectivity index (χ0) is 21.1. The van der Waals surface area contributed by atoms with E-state index in [0.29, 0.717) is 49.0 Å². The molecule has 3 heterocycles. The molecule has 1 atom stereocenters. The Morgan fingerprint density at radius 3 is 2.83 bits per heavy atom. The van der Waals surface area contributed by atoms with Crippen molar-refractivity contribution in [2.45, 2.75) is 19.3 Å². The number of aromatic nitrogens is 3. The van der Waals surface area contributed by atoms with Crippen LogP contribution in [0.25, 0.3) is 5.69 Å². The molecular formula is C21H23N5O4. The van der Waals surface area contributed by atoms with Crippen LogP contribution in [0.2, 0.25) is 0 Å². The number of ketones is 1. The maximum atomic E-state index is 13.0. The summed E-state index contributed by atoms with van der Waals surface area (Å²) in [5.74, 6) is 0.912. The first-order chi connectivity index (χ1) is 14.6. The molecule has 0 radical (unpaired) electrons. The standard InChI is InChI=1S/C21H23N5O4/c1-29-18-11-16(30-24-18)7-8-19(27)25-10-9-14(13-25)20(28)17-12-23-26(21(17)22)15-5-3-2-4-6-15/h2-6,11-12,14H,7-10,13,22H2,1H3/t14-/m0/s1. The zero-order valence-corrected chi connectivity index (χ0v) is 16.7. The Kier molecular flexibility index (Phi) is 5.51. The fourth-order valence-corrected chi connectivity index (χ4v) is 3.64. The van der Waals surface area contributed by atoms with E-state index < -0.39 is 0 Å². The van der Waals surface area contributed by atoms with Gasteiger partial charge >= 0.3 is 0 Å². The highest BCUT2D eigenvalue weighted by atomic mass is 16.5. The molecule has 1 fully saturated rings. The maximum absolute atomic E-state index is 13.0. The molecule has 0 unspecified atom stereocenters. The minimum Gasteiger partial charge on any atom is -0.479 e. The number of anilines is 1. The van der Waals surface area contributed by atoms with Crippen LogP contribution in [0.4, 0.5) is 5.82 Å². The van der Waals surface area contributed by atoms with Crippen molar-refractivity contribution in [1.29, 1.82) is 0 Å². The van der Waals surface area contributed by atoms with Gasteiger partial charge in [0.25, 0.3) is 5.88 Å². The topological polar surface area (TPSA) is 116 Å². The van der Waals surface area contributed by atoms with E-state index in [0.717, 1.165) is 5.69 Å². The first-order valence-electron chi connectivity index (χ1n) is 9.77. The van der Waals surface area contributed by atoms with Gasteiger partial charge in [0.2, 0.25) is 5.91 Å². The van der Waals surface area contributed by atoms with Gasteiger partial charge in [-0.25, -0.2) is 4.68 Å². The number of hydrogen-bond acceptors (Lipinski definition) is 7. The predicted octanol–water partition coefficient (Wildman–Crippen LogP) is 2.12. The largest absolute Gasteiger partial charge is 0.479 e. The van der Waals surface area contributed by atoms with E-state index in [1.807, 2.05) is 30.3 Å². The molecule has 1 saturated heterocycles. The average Bonchev–Trinajstić information content (AvgIpc) is 3.52. The van der Waals surface area contributed by atoms with Crippen molar-refractivity contribution >= 4 is 17.5 Å². The molecule has 9 heteroatoms. The van der Waals surface area contributed by atoms with Gasteiger partial charge in [0, 0.05) is 37.9 Å². The van der Waals surface area contributed by atoms with Gasteiger partial charge in [0.15, 0.2) is 5.78 Å². The molecular weight excluding hydrogens is 386 g/mol. The number of ether oxygens (including phenoxy) is 1. The number of likely N-dealkylation sites (tertiary alicyclic amines) is 1. The van der Waals surface area contributed by atoms with Crippen LogP contribution in [0.1, 0.15) is 29.0 Å². The molecule has 1 aliphatic rings. The Balaban J connectivity index is 1.36. The number of nitrogens with zero attached hydrogens (tertiary/aromatic N) is 4. The number of para-hydroxylation sites is 1. The lowest BCUT2D eigenvalue weighted by Crippen LogP contribution is -2.30. The molecule has 9 nitrogen and oxygen atoms in total. The zero-order valence-electron chi connectivity index (χ0n) is 16.7. The summed E-state index contributed by atoms with van der Waals surface area (Å²) in [7, 11) is 1.50. The van der Waals surface area contributed by atoms with Crippen LogP contribution in [-0.4, -0.2) is 51.7 Å². The second-order valence-electron chi connectivity index (χ2n) is 7.22. The smallest absolute Gasteiger partial charge is 0.254 e. The summed E-state index contributed by atoms with van der Waals surface area (Å²) in [6.45, 7) is 0.926. The van der Waals surface area contributed by atoms with Crippen molar-refractivity contribution in [3.8, 4) is 11.6 Å². The Morgan fingerprint density at radius 2 is 2.10 bits per heavy atom. The van der Waals surface area contributed by atoms with E-state index >= 15 is 0 Å². The average molecular weight is 409 g/mol. The Bertz CT molecular complexity index is 1040. The number of carbonyl (C=O) groups is 2. The Morgan fingerprint density at radius 1 is 1.30 bits per heavy atom. The molecule has 156 valence electrons. The molecule has 0 aliphatic carbocycles. The number of methoxy groups -OCH3 is 1. The minimum absolute atomic E-state index is 0.0198. The lowest BCUT2D eigenvalue weighted by molar-refractivity contribution is -0.130. The third-order valence-corrected chi connectivity index (χ3v) is 5.32. The van der Waals surface area contributed by atoms with Crippen LogP contribution in [0, 0.1) is 5.92 Å². The van der Waals surface area contributed by atoms with Crippen LogP contribution in [-0.2, 0) is 11.2 Å². The molecule has 1 aliphatic heterocycles.